The van der Waals surface area contributed by atoms with Crippen LogP contribution in [0.2, 0.25) is 0 Å². The van der Waals surface area contributed by atoms with Gasteiger partial charge in [0, 0.05) is 5.69 Å². The number of rotatable bonds is 4. The van der Waals surface area contributed by atoms with Gasteiger partial charge in [-0.2, -0.15) is 4.98 Å². The summed E-state index contributed by atoms with van der Waals surface area (Å²) in [6.07, 6.45) is 1.09. The molecule has 0 aliphatic rings. The molecule has 2 aromatic rings. The lowest BCUT2D eigenvalue weighted by Gasteiger charge is -2.01. The molecule has 2 rings (SSSR count). The molecule has 0 saturated carbocycles. The van der Waals surface area contributed by atoms with E-state index in [0.717, 1.165) is 17.7 Å². The molecule has 2 N–H and O–H groups in total. The van der Waals surface area contributed by atoms with Crippen molar-refractivity contribution in [2.45, 2.75) is 13.5 Å². The van der Waals surface area contributed by atoms with Gasteiger partial charge >= 0.3 is 5.97 Å². The molecule has 2 heterocycles. The van der Waals surface area contributed by atoms with Crippen molar-refractivity contribution in [1.29, 1.82) is 0 Å². The third kappa shape index (κ3) is 2.81. The average molecular weight is 233 g/mol. The van der Waals surface area contributed by atoms with E-state index in [-0.39, 0.29) is 11.7 Å². The number of oxazole rings is 1. The lowest BCUT2D eigenvalue weighted by atomic mass is 10.3. The molecular weight excluding hydrogens is 222 g/mol. The van der Waals surface area contributed by atoms with E-state index in [0.29, 0.717) is 6.54 Å². The minimum Gasteiger partial charge on any atom is -0.476 e. The summed E-state index contributed by atoms with van der Waals surface area (Å²) < 4.78 is 4.95. The van der Waals surface area contributed by atoms with Crippen molar-refractivity contribution in [3.8, 4) is 0 Å². The van der Waals surface area contributed by atoms with Gasteiger partial charge in [-0.1, -0.05) is 6.07 Å². The summed E-state index contributed by atoms with van der Waals surface area (Å²) >= 11 is 0. The molecule has 6 heteroatoms. The van der Waals surface area contributed by atoms with Crippen LogP contribution in [-0.4, -0.2) is 21.0 Å². The summed E-state index contributed by atoms with van der Waals surface area (Å²) in [4.78, 5) is 18.6. The Bertz CT molecular complexity index is 536. The third-order valence-corrected chi connectivity index (χ3v) is 2.09. The number of hydrogen-bond donors (Lipinski definition) is 2. The Balaban J connectivity index is 2.00. The molecule has 0 unspecified atom stereocenters. The molecule has 17 heavy (non-hydrogen) atoms. The molecule has 6 nitrogen and oxygen atoms in total. The highest BCUT2D eigenvalue weighted by atomic mass is 16.4. The molecule has 0 fully saturated rings. The van der Waals surface area contributed by atoms with Crippen LogP contribution in [0, 0.1) is 6.92 Å². The van der Waals surface area contributed by atoms with E-state index >= 15 is 0 Å². The fraction of sp³-hybridized carbons (Fsp3) is 0.182. The second kappa shape index (κ2) is 4.65. The number of hydrogen-bond acceptors (Lipinski definition) is 5. The molecule has 0 atom stereocenters. The van der Waals surface area contributed by atoms with Crippen LogP contribution in [0.4, 0.5) is 6.01 Å². The van der Waals surface area contributed by atoms with Crippen molar-refractivity contribution in [3.63, 3.8) is 0 Å². The van der Waals surface area contributed by atoms with Gasteiger partial charge in [0.25, 0.3) is 6.01 Å². The van der Waals surface area contributed by atoms with Crippen LogP contribution in [-0.2, 0) is 6.54 Å². The van der Waals surface area contributed by atoms with E-state index < -0.39 is 5.97 Å². The maximum Gasteiger partial charge on any atom is 0.357 e. The first-order valence-electron chi connectivity index (χ1n) is 5.00. The first-order chi connectivity index (χ1) is 8.15. The summed E-state index contributed by atoms with van der Waals surface area (Å²) in [6.45, 7) is 2.33. The second-order valence-electron chi connectivity index (χ2n) is 3.47. The van der Waals surface area contributed by atoms with E-state index in [2.05, 4.69) is 15.3 Å². The van der Waals surface area contributed by atoms with Crippen LogP contribution in [0.25, 0.3) is 0 Å². The molecular formula is C11H11N3O3. The molecule has 0 amide bonds. The molecule has 0 saturated heterocycles. The number of carboxylic acid groups (broad SMARTS) is 1. The van der Waals surface area contributed by atoms with Gasteiger partial charge in [0.15, 0.2) is 5.69 Å². The number of pyridine rings is 1. The highest BCUT2D eigenvalue weighted by Crippen LogP contribution is 2.08. The first-order valence-corrected chi connectivity index (χ1v) is 5.00. The van der Waals surface area contributed by atoms with Crippen molar-refractivity contribution in [2.75, 3.05) is 5.32 Å². The molecule has 0 spiro atoms. The quantitative estimate of drug-likeness (QED) is 0.835. The number of nitrogens with one attached hydrogen (secondary N) is 1. The summed E-state index contributed by atoms with van der Waals surface area (Å²) in [7, 11) is 0. The summed E-state index contributed by atoms with van der Waals surface area (Å²) in [5.41, 5.74) is 1.63. The van der Waals surface area contributed by atoms with Crippen LogP contribution >= 0.6 is 0 Å². The zero-order valence-electron chi connectivity index (χ0n) is 9.17. The SMILES string of the molecule is Cc1cccc(CNc2nc(C(=O)O)co2)n1. The van der Waals surface area contributed by atoms with E-state index in [4.69, 9.17) is 9.52 Å². The number of aromatic carboxylic acids is 1. The molecule has 0 bridgehead atoms. The summed E-state index contributed by atoms with van der Waals surface area (Å²) in [5, 5.41) is 11.5. The Kier molecular flexibility index (Phi) is 3.04. The lowest BCUT2D eigenvalue weighted by molar-refractivity contribution is 0.0690. The van der Waals surface area contributed by atoms with E-state index in [1.54, 1.807) is 0 Å². The fourth-order valence-corrected chi connectivity index (χ4v) is 1.32. The molecule has 0 radical (unpaired) electrons. The van der Waals surface area contributed by atoms with Crippen LogP contribution < -0.4 is 5.32 Å². The number of carboxylic acids is 1. The van der Waals surface area contributed by atoms with Gasteiger partial charge in [0.05, 0.1) is 12.2 Å². The highest BCUT2D eigenvalue weighted by Gasteiger charge is 2.09. The molecule has 0 aliphatic carbocycles. The maximum absolute atomic E-state index is 10.6. The topological polar surface area (TPSA) is 88.2 Å². The summed E-state index contributed by atoms with van der Waals surface area (Å²) in [5.74, 6) is -1.12. The maximum atomic E-state index is 10.6. The summed E-state index contributed by atoms with van der Waals surface area (Å²) in [6, 6.07) is 5.83. The second-order valence-corrected chi connectivity index (χ2v) is 3.47. The Labute approximate surface area is 97.3 Å². The van der Waals surface area contributed by atoms with Crippen molar-refractivity contribution < 1.29 is 14.3 Å². The lowest BCUT2D eigenvalue weighted by Crippen LogP contribution is -2.03. The van der Waals surface area contributed by atoms with Crippen molar-refractivity contribution >= 4 is 12.0 Å². The van der Waals surface area contributed by atoms with Crippen molar-refractivity contribution in [1.82, 2.24) is 9.97 Å². The third-order valence-electron chi connectivity index (χ3n) is 2.09. The van der Waals surface area contributed by atoms with E-state index in [1.807, 2.05) is 25.1 Å². The Morgan fingerprint density at radius 1 is 1.47 bits per heavy atom. The number of aryl methyl sites for hydroxylation is 1. The molecule has 0 aromatic carbocycles. The van der Waals surface area contributed by atoms with Gasteiger partial charge in [0.1, 0.15) is 6.26 Å². The van der Waals surface area contributed by atoms with Crippen LogP contribution in [0.1, 0.15) is 21.9 Å². The smallest absolute Gasteiger partial charge is 0.357 e. The molecule has 2 aromatic heterocycles. The van der Waals surface area contributed by atoms with Gasteiger partial charge in [-0.15, -0.1) is 0 Å². The molecule has 88 valence electrons. The van der Waals surface area contributed by atoms with Gasteiger partial charge in [-0.25, -0.2) is 4.79 Å². The van der Waals surface area contributed by atoms with Gasteiger partial charge in [-0.05, 0) is 19.1 Å². The minimum atomic E-state index is -1.12. The van der Waals surface area contributed by atoms with Crippen molar-refractivity contribution in [2.24, 2.45) is 0 Å². The van der Waals surface area contributed by atoms with Crippen LogP contribution in [0.15, 0.2) is 28.9 Å². The Hall–Kier alpha value is -2.37. The van der Waals surface area contributed by atoms with Crippen molar-refractivity contribution in [3.05, 3.63) is 41.5 Å². The highest BCUT2D eigenvalue weighted by molar-refractivity contribution is 5.85. The van der Waals surface area contributed by atoms with E-state index in [1.165, 1.54) is 0 Å². The monoisotopic (exact) mass is 233 g/mol. The zero-order chi connectivity index (χ0) is 12.3. The molecule has 0 aliphatic heterocycles. The number of carbonyl (C=O) groups is 1. The van der Waals surface area contributed by atoms with Crippen LogP contribution in [0.3, 0.4) is 0 Å². The number of nitrogens with zero attached hydrogens (tertiary/aromatic N) is 2. The predicted octanol–water partition coefficient (Wildman–Crippen LogP) is 1.69. The average Bonchev–Trinajstić information content (AvgIpc) is 2.75. The van der Waals surface area contributed by atoms with Gasteiger partial charge in [-0.3, -0.25) is 4.98 Å². The van der Waals surface area contributed by atoms with Gasteiger partial charge < -0.3 is 14.8 Å². The fourth-order valence-electron chi connectivity index (χ4n) is 1.32. The van der Waals surface area contributed by atoms with Gasteiger partial charge in [0.2, 0.25) is 0 Å². The first kappa shape index (κ1) is 11.1. The minimum absolute atomic E-state index is 0.121. The number of anilines is 1. The Morgan fingerprint density at radius 2 is 2.29 bits per heavy atom. The van der Waals surface area contributed by atoms with Crippen LogP contribution in [0.5, 0.6) is 0 Å². The normalized spacial score (nSPS) is 10.2. The zero-order valence-corrected chi connectivity index (χ0v) is 9.17. The van der Waals surface area contributed by atoms with E-state index in [9.17, 15) is 4.79 Å². The standard InChI is InChI=1S/C11H11N3O3/c1-7-3-2-4-8(13-7)5-12-11-14-9(6-17-11)10(15)16/h2-4,6H,5H2,1H3,(H,12,14)(H,15,16). The number of aromatic nitrogens is 2. The predicted molar refractivity (Wildman–Crippen MR) is 59.8 cm³/mol. The largest absolute Gasteiger partial charge is 0.476 e. The Morgan fingerprint density at radius 3 is 2.94 bits per heavy atom.